The summed E-state index contributed by atoms with van der Waals surface area (Å²) in [6.45, 7) is 3.45. The molecule has 1 aromatic rings. The number of hydrogen-bond acceptors (Lipinski definition) is 2. The van der Waals surface area contributed by atoms with Gasteiger partial charge in [0.1, 0.15) is 0 Å². The summed E-state index contributed by atoms with van der Waals surface area (Å²) in [6, 6.07) is 8.55. The minimum atomic E-state index is -1.09. The lowest BCUT2D eigenvalue weighted by molar-refractivity contribution is -0.132. The first-order valence-corrected chi connectivity index (χ1v) is 4.79. The van der Waals surface area contributed by atoms with Crippen LogP contribution in [-0.2, 0) is 4.79 Å². The van der Waals surface area contributed by atoms with E-state index in [-0.39, 0.29) is 17.8 Å². The summed E-state index contributed by atoms with van der Waals surface area (Å²) in [7, 11) is 0. The van der Waals surface area contributed by atoms with E-state index in [1.54, 1.807) is 30.3 Å². The highest BCUT2D eigenvalue weighted by Crippen LogP contribution is 2.07. The van der Waals surface area contributed by atoms with Crippen LogP contribution in [-0.4, -0.2) is 16.9 Å². The molecule has 3 heteroatoms. The number of benzene rings is 1. The molecule has 0 saturated heterocycles. The molecule has 0 bridgehead atoms. The van der Waals surface area contributed by atoms with Crippen molar-refractivity contribution < 1.29 is 14.7 Å². The zero-order valence-corrected chi connectivity index (χ0v) is 8.72. The third-order valence-electron chi connectivity index (χ3n) is 2.00. The quantitative estimate of drug-likeness (QED) is 0.467. The van der Waals surface area contributed by atoms with Gasteiger partial charge in [-0.1, -0.05) is 36.4 Å². The van der Waals surface area contributed by atoms with Gasteiger partial charge in [-0.25, -0.2) is 4.79 Å². The van der Waals surface area contributed by atoms with Gasteiger partial charge in [-0.3, -0.25) is 4.79 Å². The summed E-state index contributed by atoms with van der Waals surface area (Å²) in [5.74, 6) is -1.40. The third-order valence-corrected chi connectivity index (χ3v) is 2.00. The molecule has 16 heavy (non-hydrogen) atoms. The first kappa shape index (κ1) is 11.9. The van der Waals surface area contributed by atoms with Crippen LogP contribution in [0.4, 0.5) is 0 Å². The highest BCUT2D eigenvalue weighted by atomic mass is 16.4. The van der Waals surface area contributed by atoms with E-state index in [2.05, 4.69) is 6.58 Å². The average molecular weight is 216 g/mol. The van der Waals surface area contributed by atoms with Crippen molar-refractivity contribution in [2.24, 2.45) is 0 Å². The van der Waals surface area contributed by atoms with Crippen molar-refractivity contribution in [1.82, 2.24) is 0 Å². The van der Waals surface area contributed by atoms with Crippen molar-refractivity contribution in [3.8, 4) is 0 Å². The summed E-state index contributed by atoms with van der Waals surface area (Å²) in [5.41, 5.74) is 0.522. The Morgan fingerprint density at radius 2 is 1.88 bits per heavy atom. The van der Waals surface area contributed by atoms with E-state index in [0.717, 1.165) is 6.08 Å². The Morgan fingerprint density at radius 3 is 2.38 bits per heavy atom. The molecule has 82 valence electrons. The first-order chi connectivity index (χ1) is 7.65. The summed E-state index contributed by atoms with van der Waals surface area (Å²) < 4.78 is 0. The summed E-state index contributed by atoms with van der Waals surface area (Å²) in [6.07, 6.45) is 2.77. The predicted molar refractivity (Wildman–Crippen MR) is 61.3 cm³/mol. The molecule has 0 aliphatic heterocycles. The Bertz CT molecular complexity index is 430. The molecular weight excluding hydrogens is 204 g/mol. The van der Waals surface area contributed by atoms with Gasteiger partial charge in [-0.05, 0) is 12.5 Å². The van der Waals surface area contributed by atoms with Crippen molar-refractivity contribution >= 4 is 11.8 Å². The van der Waals surface area contributed by atoms with E-state index in [4.69, 9.17) is 5.11 Å². The van der Waals surface area contributed by atoms with Crippen molar-refractivity contribution in [2.45, 2.75) is 6.42 Å². The van der Waals surface area contributed by atoms with Crippen molar-refractivity contribution in [1.29, 1.82) is 0 Å². The minimum Gasteiger partial charge on any atom is -0.478 e. The molecule has 0 aromatic heterocycles. The predicted octanol–water partition coefficient (Wildman–Crippen LogP) is 2.46. The molecule has 0 aliphatic rings. The standard InChI is InChI=1S/C13H12O3/c1-2-6-11(13(15)16)9-12(14)10-7-4-3-5-8-10/h2-5,7-9H,1,6H2,(H,15,16). The van der Waals surface area contributed by atoms with E-state index in [0.29, 0.717) is 5.56 Å². The van der Waals surface area contributed by atoms with E-state index >= 15 is 0 Å². The van der Waals surface area contributed by atoms with Crippen molar-refractivity contribution in [2.75, 3.05) is 0 Å². The van der Waals surface area contributed by atoms with Crippen LogP contribution in [0.2, 0.25) is 0 Å². The van der Waals surface area contributed by atoms with Gasteiger partial charge in [0.25, 0.3) is 0 Å². The van der Waals surface area contributed by atoms with Gasteiger partial charge in [0.05, 0.1) is 0 Å². The second kappa shape index (κ2) is 5.66. The fourth-order valence-electron chi connectivity index (χ4n) is 1.21. The topological polar surface area (TPSA) is 54.4 Å². The molecule has 0 radical (unpaired) electrons. The van der Waals surface area contributed by atoms with Crippen LogP contribution in [0.15, 0.2) is 54.6 Å². The first-order valence-electron chi connectivity index (χ1n) is 4.79. The normalized spacial score (nSPS) is 10.9. The monoisotopic (exact) mass is 216 g/mol. The van der Waals surface area contributed by atoms with Gasteiger partial charge >= 0.3 is 5.97 Å². The van der Waals surface area contributed by atoms with E-state index in [9.17, 15) is 9.59 Å². The molecule has 0 aliphatic carbocycles. The van der Waals surface area contributed by atoms with Crippen LogP contribution in [0.25, 0.3) is 0 Å². The summed E-state index contributed by atoms with van der Waals surface area (Å²) in [4.78, 5) is 22.4. The second-order valence-corrected chi connectivity index (χ2v) is 3.20. The van der Waals surface area contributed by atoms with Crippen molar-refractivity contribution in [3.63, 3.8) is 0 Å². The van der Waals surface area contributed by atoms with Gasteiger partial charge < -0.3 is 5.11 Å². The number of hydrogen-bond donors (Lipinski definition) is 1. The van der Waals surface area contributed by atoms with E-state index in [1.807, 2.05) is 0 Å². The SMILES string of the molecule is C=CCC(=CC(=O)c1ccccc1)C(=O)O. The van der Waals surface area contributed by atoms with Gasteiger partial charge in [0.15, 0.2) is 5.78 Å². The number of carboxylic acids is 1. The van der Waals surface area contributed by atoms with Crippen molar-refractivity contribution in [3.05, 3.63) is 60.2 Å². The Balaban J connectivity index is 2.93. The number of rotatable bonds is 5. The van der Waals surface area contributed by atoms with Gasteiger partial charge in [0, 0.05) is 11.1 Å². The maximum absolute atomic E-state index is 11.7. The molecule has 0 unspecified atom stereocenters. The van der Waals surface area contributed by atoms with Gasteiger partial charge in [-0.15, -0.1) is 6.58 Å². The maximum Gasteiger partial charge on any atom is 0.332 e. The lowest BCUT2D eigenvalue weighted by Crippen LogP contribution is -2.04. The number of carboxylic acid groups (broad SMARTS) is 1. The molecule has 3 nitrogen and oxygen atoms in total. The molecule has 0 saturated carbocycles. The minimum absolute atomic E-state index is 0.0452. The molecule has 0 amide bonds. The van der Waals surface area contributed by atoms with Crippen LogP contribution in [0.1, 0.15) is 16.8 Å². The zero-order chi connectivity index (χ0) is 12.0. The van der Waals surface area contributed by atoms with Crippen LogP contribution in [0.3, 0.4) is 0 Å². The van der Waals surface area contributed by atoms with E-state index in [1.165, 1.54) is 6.08 Å². The van der Waals surface area contributed by atoms with Gasteiger partial charge in [0.2, 0.25) is 0 Å². The number of carbonyl (C=O) groups is 2. The van der Waals surface area contributed by atoms with Gasteiger partial charge in [-0.2, -0.15) is 0 Å². The molecule has 1 N–H and O–H groups in total. The molecule has 1 aromatic carbocycles. The number of ketones is 1. The van der Waals surface area contributed by atoms with E-state index < -0.39 is 5.97 Å². The Morgan fingerprint density at radius 1 is 1.25 bits per heavy atom. The average Bonchev–Trinajstić information content (AvgIpc) is 2.29. The fourth-order valence-corrected chi connectivity index (χ4v) is 1.21. The second-order valence-electron chi connectivity index (χ2n) is 3.20. The Hall–Kier alpha value is -2.16. The van der Waals surface area contributed by atoms with Crippen LogP contribution in [0.5, 0.6) is 0 Å². The molecule has 0 fully saturated rings. The van der Waals surface area contributed by atoms with Crippen LogP contribution >= 0.6 is 0 Å². The summed E-state index contributed by atoms with van der Waals surface area (Å²) >= 11 is 0. The van der Waals surface area contributed by atoms with Crippen LogP contribution < -0.4 is 0 Å². The molecule has 0 atom stereocenters. The highest BCUT2D eigenvalue weighted by Gasteiger charge is 2.09. The zero-order valence-electron chi connectivity index (χ0n) is 8.72. The molecular formula is C13H12O3. The molecule has 0 heterocycles. The van der Waals surface area contributed by atoms with Crippen LogP contribution in [0, 0.1) is 0 Å². The lowest BCUT2D eigenvalue weighted by Gasteiger charge is -1.98. The molecule has 0 spiro atoms. The number of allylic oxidation sites excluding steroid dienone is 2. The largest absolute Gasteiger partial charge is 0.478 e. The third kappa shape index (κ3) is 3.20. The lowest BCUT2D eigenvalue weighted by atomic mass is 10.1. The number of aliphatic carboxylic acids is 1. The highest BCUT2D eigenvalue weighted by molar-refractivity contribution is 6.08. The maximum atomic E-state index is 11.7. The summed E-state index contributed by atoms with van der Waals surface area (Å²) in [5, 5.41) is 8.83. The fraction of sp³-hybridized carbons (Fsp3) is 0.0769. The Kier molecular flexibility index (Phi) is 4.21. The number of carbonyl (C=O) groups excluding carboxylic acids is 1. The molecule has 1 rings (SSSR count). The smallest absolute Gasteiger partial charge is 0.332 e. The Labute approximate surface area is 93.7 Å².